The molecule has 0 radical (unpaired) electrons. The minimum absolute atomic E-state index is 0.0435. The van der Waals surface area contributed by atoms with Crippen LogP contribution in [-0.2, 0) is 0 Å². The zero-order chi connectivity index (χ0) is 12.4. The third kappa shape index (κ3) is 2.64. The zero-order valence-corrected chi connectivity index (χ0v) is 10.3. The van der Waals surface area contributed by atoms with Crippen LogP contribution in [0.5, 0.6) is 0 Å². The molecule has 2 rings (SSSR count). The van der Waals surface area contributed by atoms with Crippen LogP contribution >= 0.6 is 11.6 Å². The second-order valence-electron chi connectivity index (χ2n) is 4.46. The van der Waals surface area contributed by atoms with E-state index in [1.165, 1.54) is 12.1 Å². The van der Waals surface area contributed by atoms with E-state index in [9.17, 15) is 9.50 Å². The molecule has 5 heteroatoms. The van der Waals surface area contributed by atoms with E-state index in [0.29, 0.717) is 17.9 Å². The minimum atomic E-state index is -0.456. The van der Waals surface area contributed by atoms with Crippen molar-refractivity contribution in [3.8, 4) is 0 Å². The molecule has 17 heavy (non-hydrogen) atoms. The Morgan fingerprint density at radius 1 is 1.53 bits per heavy atom. The van der Waals surface area contributed by atoms with Crippen LogP contribution in [0.15, 0.2) is 12.1 Å². The first-order chi connectivity index (χ1) is 8.11. The molecule has 94 valence electrons. The van der Waals surface area contributed by atoms with Gasteiger partial charge in [-0.2, -0.15) is 0 Å². The normalized spacial score (nSPS) is 20.6. The number of benzene rings is 1. The number of piperidine rings is 1. The van der Waals surface area contributed by atoms with E-state index >= 15 is 0 Å². The Morgan fingerprint density at radius 2 is 2.29 bits per heavy atom. The smallest absolute Gasteiger partial charge is 0.144 e. The van der Waals surface area contributed by atoms with E-state index in [4.69, 9.17) is 17.3 Å². The summed E-state index contributed by atoms with van der Waals surface area (Å²) >= 11 is 5.67. The Kier molecular flexibility index (Phi) is 3.74. The van der Waals surface area contributed by atoms with Crippen molar-refractivity contribution in [2.75, 3.05) is 30.3 Å². The summed E-state index contributed by atoms with van der Waals surface area (Å²) in [5.74, 6) is -0.219. The maximum Gasteiger partial charge on any atom is 0.144 e. The van der Waals surface area contributed by atoms with Crippen molar-refractivity contribution < 1.29 is 9.50 Å². The molecule has 1 aromatic rings. The van der Waals surface area contributed by atoms with E-state index in [1.54, 1.807) is 0 Å². The lowest BCUT2D eigenvalue weighted by Crippen LogP contribution is -2.37. The maximum absolute atomic E-state index is 13.4. The number of hydrogen-bond acceptors (Lipinski definition) is 3. The zero-order valence-electron chi connectivity index (χ0n) is 9.50. The van der Waals surface area contributed by atoms with Gasteiger partial charge in [-0.25, -0.2) is 4.39 Å². The number of nitrogen functional groups attached to an aromatic ring is 1. The first kappa shape index (κ1) is 12.5. The summed E-state index contributed by atoms with van der Waals surface area (Å²) in [6.45, 7) is 1.70. The lowest BCUT2D eigenvalue weighted by Gasteiger charge is -2.34. The van der Waals surface area contributed by atoms with Gasteiger partial charge in [-0.15, -0.1) is 0 Å². The van der Waals surface area contributed by atoms with Crippen molar-refractivity contribution in [3.63, 3.8) is 0 Å². The summed E-state index contributed by atoms with van der Waals surface area (Å²) in [5, 5.41) is 9.21. The molecule has 1 saturated heterocycles. The van der Waals surface area contributed by atoms with Crippen molar-refractivity contribution in [3.05, 3.63) is 23.0 Å². The average Bonchev–Trinajstić information content (AvgIpc) is 2.34. The van der Waals surface area contributed by atoms with Gasteiger partial charge in [0.25, 0.3) is 0 Å². The number of hydrogen-bond donors (Lipinski definition) is 2. The second kappa shape index (κ2) is 5.10. The number of rotatable bonds is 2. The predicted molar refractivity (Wildman–Crippen MR) is 67.8 cm³/mol. The van der Waals surface area contributed by atoms with Gasteiger partial charge in [-0.3, -0.25) is 0 Å². The van der Waals surface area contributed by atoms with Gasteiger partial charge in [-0.05, 0) is 24.8 Å². The Morgan fingerprint density at radius 3 is 3.00 bits per heavy atom. The first-order valence-electron chi connectivity index (χ1n) is 5.72. The number of aliphatic hydroxyl groups is 1. The standard InChI is InChI=1S/C12H16ClFN2O/c13-9-4-11(15)12(5-10(9)14)16-3-1-2-8(6-16)7-17/h4-5,8,17H,1-3,6-7,15H2. The molecule has 0 bridgehead atoms. The molecule has 1 aromatic carbocycles. The summed E-state index contributed by atoms with van der Waals surface area (Å²) in [6, 6.07) is 2.81. The average molecular weight is 259 g/mol. The summed E-state index contributed by atoms with van der Waals surface area (Å²) in [4.78, 5) is 2.01. The fourth-order valence-electron chi connectivity index (χ4n) is 2.26. The van der Waals surface area contributed by atoms with E-state index < -0.39 is 5.82 Å². The van der Waals surface area contributed by atoms with E-state index in [1.807, 2.05) is 4.90 Å². The fraction of sp³-hybridized carbons (Fsp3) is 0.500. The molecule has 3 N–H and O–H groups in total. The summed E-state index contributed by atoms with van der Waals surface area (Å²) in [6.07, 6.45) is 1.98. The lowest BCUT2D eigenvalue weighted by atomic mass is 9.98. The molecule has 1 heterocycles. The van der Waals surface area contributed by atoms with Crippen LogP contribution < -0.4 is 10.6 Å². The monoisotopic (exact) mass is 258 g/mol. The molecule has 0 aromatic heterocycles. The van der Waals surface area contributed by atoms with Crippen molar-refractivity contribution in [1.29, 1.82) is 0 Å². The summed E-state index contributed by atoms with van der Waals surface area (Å²) < 4.78 is 13.4. The quantitative estimate of drug-likeness (QED) is 0.800. The topological polar surface area (TPSA) is 49.5 Å². The first-order valence-corrected chi connectivity index (χ1v) is 6.10. The molecule has 0 aliphatic carbocycles. The molecule has 1 fully saturated rings. The number of nitrogens with two attached hydrogens (primary N) is 1. The molecule has 1 unspecified atom stereocenters. The van der Waals surface area contributed by atoms with E-state index in [2.05, 4.69) is 0 Å². The van der Waals surface area contributed by atoms with Gasteiger partial charge in [0.15, 0.2) is 0 Å². The van der Waals surface area contributed by atoms with Gasteiger partial charge in [0.2, 0.25) is 0 Å². The highest BCUT2D eigenvalue weighted by atomic mass is 35.5. The lowest BCUT2D eigenvalue weighted by molar-refractivity contribution is 0.209. The third-order valence-corrected chi connectivity index (χ3v) is 3.48. The molecule has 0 saturated carbocycles. The van der Waals surface area contributed by atoms with Crippen LogP contribution in [0, 0.1) is 11.7 Å². The SMILES string of the molecule is Nc1cc(Cl)c(F)cc1N1CCCC(CO)C1. The maximum atomic E-state index is 13.4. The summed E-state index contributed by atoms with van der Waals surface area (Å²) in [5.41, 5.74) is 7.01. The minimum Gasteiger partial charge on any atom is -0.397 e. The van der Waals surface area contributed by atoms with Gasteiger partial charge in [0.1, 0.15) is 5.82 Å². The van der Waals surface area contributed by atoms with Crippen LogP contribution in [0.3, 0.4) is 0 Å². The molecule has 1 aliphatic rings. The fourth-order valence-corrected chi connectivity index (χ4v) is 2.43. The van der Waals surface area contributed by atoms with E-state index in [0.717, 1.165) is 19.4 Å². The van der Waals surface area contributed by atoms with Crippen molar-refractivity contribution in [2.45, 2.75) is 12.8 Å². The number of anilines is 2. The van der Waals surface area contributed by atoms with Crippen LogP contribution in [0.1, 0.15) is 12.8 Å². The van der Waals surface area contributed by atoms with Crippen molar-refractivity contribution in [1.82, 2.24) is 0 Å². The van der Waals surface area contributed by atoms with Gasteiger partial charge in [0, 0.05) is 25.8 Å². The molecule has 0 amide bonds. The van der Waals surface area contributed by atoms with Gasteiger partial charge in [-0.1, -0.05) is 11.6 Å². The Bertz CT molecular complexity index is 414. The molecule has 0 spiro atoms. The van der Waals surface area contributed by atoms with Crippen molar-refractivity contribution >= 4 is 23.0 Å². The highest BCUT2D eigenvalue weighted by Gasteiger charge is 2.21. The van der Waals surface area contributed by atoms with Crippen molar-refractivity contribution in [2.24, 2.45) is 5.92 Å². The molecule has 3 nitrogen and oxygen atoms in total. The predicted octanol–water partition coefficient (Wildman–Crippen LogP) is 2.27. The third-order valence-electron chi connectivity index (χ3n) is 3.19. The van der Waals surface area contributed by atoms with Crippen LogP contribution in [0.2, 0.25) is 5.02 Å². The molecule has 1 aliphatic heterocycles. The Balaban J connectivity index is 2.24. The highest BCUT2D eigenvalue weighted by Crippen LogP contribution is 2.31. The second-order valence-corrected chi connectivity index (χ2v) is 4.87. The van der Waals surface area contributed by atoms with Gasteiger partial charge < -0.3 is 15.7 Å². The van der Waals surface area contributed by atoms with Gasteiger partial charge >= 0.3 is 0 Å². The molecule has 1 atom stereocenters. The molecular formula is C12H16ClFN2O. The van der Waals surface area contributed by atoms with Crippen LogP contribution in [0.25, 0.3) is 0 Å². The Hall–Kier alpha value is -1.00. The number of nitrogens with zero attached hydrogens (tertiary/aromatic N) is 1. The summed E-state index contributed by atoms with van der Waals surface area (Å²) in [7, 11) is 0. The number of aliphatic hydroxyl groups excluding tert-OH is 1. The molecular weight excluding hydrogens is 243 g/mol. The van der Waals surface area contributed by atoms with Gasteiger partial charge in [0.05, 0.1) is 16.4 Å². The number of halogens is 2. The largest absolute Gasteiger partial charge is 0.397 e. The van der Waals surface area contributed by atoms with Crippen LogP contribution in [-0.4, -0.2) is 24.8 Å². The van der Waals surface area contributed by atoms with E-state index in [-0.39, 0.29) is 17.5 Å². The highest BCUT2D eigenvalue weighted by molar-refractivity contribution is 6.31. The van der Waals surface area contributed by atoms with Crippen LogP contribution in [0.4, 0.5) is 15.8 Å². The Labute approximate surface area is 105 Å².